The molecular weight excluding hydrogens is 378 g/mol. The number of hydrogen-bond acceptors (Lipinski definition) is 6. The third-order valence-corrected chi connectivity index (χ3v) is 6.66. The Morgan fingerprint density at radius 1 is 1.32 bits per heavy atom. The van der Waals surface area contributed by atoms with E-state index in [0.717, 1.165) is 29.0 Å². The molecule has 1 N–H and O–H groups in total. The molecule has 0 atom stereocenters. The van der Waals surface area contributed by atoms with E-state index in [2.05, 4.69) is 15.0 Å². The number of aromatic nitrogens is 3. The lowest BCUT2D eigenvalue weighted by Crippen LogP contribution is -2.12. The van der Waals surface area contributed by atoms with Crippen LogP contribution < -0.4 is 10.3 Å². The molecule has 0 radical (unpaired) electrons. The Labute approximate surface area is 157 Å². The second-order valence-electron chi connectivity index (χ2n) is 6.06. The van der Waals surface area contributed by atoms with Crippen LogP contribution in [-0.4, -0.2) is 26.8 Å². The van der Waals surface area contributed by atoms with E-state index in [1.807, 2.05) is 13.8 Å². The maximum atomic E-state index is 12.7. The number of ether oxygens (including phenoxy) is 1. The normalized spacial score (nSPS) is 14.1. The zero-order valence-electron chi connectivity index (χ0n) is 13.8. The fraction of sp³-hybridized carbons (Fsp3) is 0.353. The molecule has 0 bridgehead atoms. The van der Waals surface area contributed by atoms with Crippen LogP contribution in [0.25, 0.3) is 21.7 Å². The smallest absolute Gasteiger partial charge is 0.260 e. The molecule has 0 spiro atoms. The second kappa shape index (κ2) is 6.63. The van der Waals surface area contributed by atoms with Crippen molar-refractivity contribution in [2.75, 3.05) is 5.75 Å². The number of nitrogens with one attached hydrogen (secondary N) is 1. The van der Waals surface area contributed by atoms with Gasteiger partial charge >= 0.3 is 0 Å². The van der Waals surface area contributed by atoms with Gasteiger partial charge < -0.3 is 9.72 Å². The van der Waals surface area contributed by atoms with Crippen LogP contribution in [0, 0.1) is 0 Å². The molecule has 0 aliphatic carbocycles. The fourth-order valence-electron chi connectivity index (χ4n) is 2.81. The maximum absolute atomic E-state index is 12.7. The first kappa shape index (κ1) is 16.9. The topological polar surface area (TPSA) is 67.9 Å². The molecule has 0 saturated heterocycles. The third kappa shape index (κ3) is 3.16. The van der Waals surface area contributed by atoms with Crippen molar-refractivity contribution in [3.63, 3.8) is 0 Å². The van der Waals surface area contributed by atoms with Crippen molar-refractivity contribution in [1.82, 2.24) is 15.0 Å². The van der Waals surface area contributed by atoms with Crippen LogP contribution >= 0.6 is 34.7 Å². The number of halogens is 1. The lowest BCUT2D eigenvalue weighted by atomic mass is 10.1. The lowest BCUT2D eigenvalue weighted by molar-refractivity contribution is 0.233. The minimum atomic E-state index is -0.131. The number of thioether (sulfide) groups is 1. The summed E-state index contributed by atoms with van der Waals surface area (Å²) in [5.74, 6) is 1.92. The molecule has 8 heteroatoms. The summed E-state index contributed by atoms with van der Waals surface area (Å²) in [6, 6.07) is 3.42. The summed E-state index contributed by atoms with van der Waals surface area (Å²) in [5.41, 5.74) is 1.43. The molecule has 25 heavy (non-hydrogen) atoms. The zero-order chi connectivity index (χ0) is 17.6. The average Bonchev–Trinajstić information content (AvgIpc) is 2.95. The largest absolute Gasteiger partial charge is 0.475 e. The van der Waals surface area contributed by atoms with Crippen molar-refractivity contribution in [2.24, 2.45) is 0 Å². The van der Waals surface area contributed by atoms with E-state index in [-0.39, 0.29) is 11.7 Å². The highest BCUT2D eigenvalue weighted by Crippen LogP contribution is 2.40. The van der Waals surface area contributed by atoms with Gasteiger partial charge in [-0.1, -0.05) is 11.6 Å². The number of nitrogens with zero attached hydrogens (tertiary/aromatic N) is 2. The molecule has 130 valence electrons. The van der Waals surface area contributed by atoms with Gasteiger partial charge in [0.15, 0.2) is 5.82 Å². The number of rotatable bonds is 3. The number of aryl methyl sites for hydroxylation is 1. The fourth-order valence-corrected chi connectivity index (χ4v) is 5.54. The Kier molecular flexibility index (Phi) is 4.47. The summed E-state index contributed by atoms with van der Waals surface area (Å²) in [5, 5.41) is 1.14. The number of hydrogen-bond donors (Lipinski definition) is 1. The molecule has 3 aromatic rings. The van der Waals surface area contributed by atoms with Crippen LogP contribution in [-0.2, 0) is 6.42 Å². The Bertz CT molecular complexity index is 1010. The molecule has 0 amide bonds. The van der Waals surface area contributed by atoms with Crippen molar-refractivity contribution < 1.29 is 4.74 Å². The number of fused-ring (bicyclic) bond motifs is 3. The summed E-state index contributed by atoms with van der Waals surface area (Å²) in [7, 11) is 0. The zero-order valence-corrected chi connectivity index (χ0v) is 16.1. The molecule has 1 aliphatic heterocycles. The van der Waals surface area contributed by atoms with Gasteiger partial charge in [0.05, 0.1) is 20.7 Å². The van der Waals surface area contributed by atoms with Gasteiger partial charge in [0.1, 0.15) is 10.5 Å². The van der Waals surface area contributed by atoms with Crippen molar-refractivity contribution in [2.45, 2.75) is 37.0 Å². The van der Waals surface area contributed by atoms with E-state index in [1.54, 1.807) is 35.2 Å². The summed E-state index contributed by atoms with van der Waals surface area (Å²) in [6.07, 6.45) is 2.02. The first-order chi connectivity index (χ1) is 12.0. The molecule has 0 saturated carbocycles. The minimum Gasteiger partial charge on any atom is -0.475 e. The number of H-pyrrole nitrogens is 1. The van der Waals surface area contributed by atoms with Gasteiger partial charge in [-0.3, -0.25) is 4.79 Å². The van der Waals surface area contributed by atoms with Crippen LogP contribution in [0.2, 0.25) is 5.02 Å². The molecule has 5 nitrogen and oxygen atoms in total. The van der Waals surface area contributed by atoms with Gasteiger partial charge in [-0.2, -0.15) is 0 Å². The van der Waals surface area contributed by atoms with Gasteiger partial charge in [0.25, 0.3) is 5.56 Å². The summed E-state index contributed by atoms with van der Waals surface area (Å²) < 4.78 is 6.83. The van der Waals surface area contributed by atoms with E-state index in [0.29, 0.717) is 27.8 Å². The van der Waals surface area contributed by atoms with Crippen LogP contribution in [0.3, 0.4) is 0 Å². The number of thiophene rings is 1. The van der Waals surface area contributed by atoms with Gasteiger partial charge in [-0.25, -0.2) is 9.97 Å². The predicted molar refractivity (Wildman–Crippen MR) is 103 cm³/mol. The van der Waals surface area contributed by atoms with Crippen molar-refractivity contribution in [1.29, 1.82) is 0 Å². The monoisotopic (exact) mass is 393 g/mol. The third-order valence-electron chi connectivity index (χ3n) is 3.83. The molecule has 3 aromatic heterocycles. The summed E-state index contributed by atoms with van der Waals surface area (Å²) in [6.45, 7) is 3.85. The molecule has 0 unspecified atom stereocenters. The Morgan fingerprint density at radius 2 is 2.16 bits per heavy atom. The first-order valence-corrected chi connectivity index (χ1v) is 10.2. The SMILES string of the molecule is CC(C)Oc1ccc(Cl)c(-c2nc3sc4c(c3c(=O)[nH]2)CCCS4)n1. The van der Waals surface area contributed by atoms with E-state index in [1.165, 1.54) is 4.21 Å². The number of aromatic amines is 1. The highest BCUT2D eigenvalue weighted by atomic mass is 35.5. The Balaban J connectivity index is 1.86. The van der Waals surface area contributed by atoms with Crippen LogP contribution in [0.1, 0.15) is 25.8 Å². The molecule has 0 fully saturated rings. The molecule has 1 aliphatic rings. The standard InChI is InChI=1S/C17H16ClN3O2S2/c1-8(2)23-11-6-5-10(18)13(19-11)14-20-15(22)12-9-4-3-7-24-17(9)25-16(12)21-14/h5-6,8H,3-4,7H2,1-2H3,(H,20,21,22). The van der Waals surface area contributed by atoms with Crippen molar-refractivity contribution in [3.8, 4) is 17.4 Å². The number of pyridine rings is 1. The van der Waals surface area contributed by atoms with E-state index < -0.39 is 0 Å². The maximum Gasteiger partial charge on any atom is 0.260 e. The van der Waals surface area contributed by atoms with Crippen LogP contribution in [0.15, 0.2) is 21.1 Å². The van der Waals surface area contributed by atoms with Crippen molar-refractivity contribution in [3.05, 3.63) is 33.1 Å². The summed E-state index contributed by atoms with van der Waals surface area (Å²) in [4.78, 5) is 25.3. The quantitative estimate of drug-likeness (QED) is 0.708. The van der Waals surface area contributed by atoms with Gasteiger partial charge in [-0.05, 0) is 44.1 Å². The average molecular weight is 394 g/mol. The van der Waals surface area contributed by atoms with Gasteiger partial charge in [-0.15, -0.1) is 23.1 Å². The van der Waals surface area contributed by atoms with Crippen molar-refractivity contribution >= 4 is 44.9 Å². The van der Waals surface area contributed by atoms with Gasteiger partial charge in [0.2, 0.25) is 5.88 Å². The van der Waals surface area contributed by atoms with E-state index in [4.69, 9.17) is 16.3 Å². The van der Waals surface area contributed by atoms with Gasteiger partial charge in [0, 0.05) is 6.07 Å². The van der Waals surface area contributed by atoms with E-state index >= 15 is 0 Å². The molecular formula is C17H16ClN3O2S2. The lowest BCUT2D eigenvalue weighted by Gasteiger charge is -2.11. The Morgan fingerprint density at radius 3 is 2.96 bits per heavy atom. The Hall–Kier alpha value is -1.57. The molecule has 4 heterocycles. The van der Waals surface area contributed by atoms with E-state index in [9.17, 15) is 4.79 Å². The van der Waals surface area contributed by atoms with Crippen LogP contribution in [0.4, 0.5) is 0 Å². The first-order valence-electron chi connectivity index (χ1n) is 8.05. The second-order valence-corrected chi connectivity index (χ2v) is 8.83. The molecule has 0 aromatic carbocycles. The van der Waals surface area contributed by atoms with Crippen LogP contribution in [0.5, 0.6) is 5.88 Å². The highest BCUT2D eigenvalue weighted by Gasteiger charge is 2.21. The minimum absolute atomic E-state index is 0.00272. The molecule has 4 rings (SSSR count). The summed E-state index contributed by atoms with van der Waals surface area (Å²) >= 11 is 9.67. The highest BCUT2D eigenvalue weighted by molar-refractivity contribution is 8.01. The predicted octanol–water partition coefficient (Wildman–Crippen LogP) is 4.53.